The molecule has 5 heteroatoms. The lowest BCUT2D eigenvalue weighted by Gasteiger charge is -2.38. The Morgan fingerprint density at radius 1 is 1.27 bits per heavy atom. The van der Waals surface area contributed by atoms with Crippen LogP contribution in [0.4, 0.5) is 4.79 Å². The van der Waals surface area contributed by atoms with Gasteiger partial charge in [0.25, 0.3) is 0 Å². The molecule has 2 unspecified atom stereocenters. The number of piperidine rings is 1. The summed E-state index contributed by atoms with van der Waals surface area (Å²) in [5, 5.41) is 9.29. The van der Waals surface area contributed by atoms with E-state index in [-0.39, 0.29) is 5.91 Å². The highest BCUT2D eigenvalue weighted by Gasteiger charge is 2.36. The summed E-state index contributed by atoms with van der Waals surface area (Å²) >= 11 is 0. The number of amides is 2. The summed E-state index contributed by atoms with van der Waals surface area (Å²) in [6.45, 7) is 0.443. The summed E-state index contributed by atoms with van der Waals surface area (Å²) in [6, 6.07) is 9.73. The van der Waals surface area contributed by atoms with Crippen molar-refractivity contribution in [3.05, 3.63) is 35.9 Å². The van der Waals surface area contributed by atoms with Gasteiger partial charge in [0, 0.05) is 20.6 Å². The van der Waals surface area contributed by atoms with Gasteiger partial charge in [0.2, 0.25) is 5.91 Å². The molecule has 0 saturated carbocycles. The summed E-state index contributed by atoms with van der Waals surface area (Å²) in [5.74, 6) is 0.275. The van der Waals surface area contributed by atoms with Crippen LogP contribution >= 0.6 is 0 Å². The minimum atomic E-state index is -0.998. The molecule has 1 heterocycles. The van der Waals surface area contributed by atoms with Crippen LogP contribution in [-0.2, 0) is 11.2 Å². The molecule has 2 atom stereocenters. The van der Waals surface area contributed by atoms with Crippen LogP contribution < -0.4 is 0 Å². The van der Waals surface area contributed by atoms with Crippen molar-refractivity contribution in [2.45, 2.75) is 31.7 Å². The Labute approximate surface area is 131 Å². The zero-order chi connectivity index (χ0) is 16.1. The van der Waals surface area contributed by atoms with Crippen LogP contribution in [0.25, 0.3) is 0 Å². The first kappa shape index (κ1) is 16.3. The van der Waals surface area contributed by atoms with Crippen molar-refractivity contribution in [2.24, 2.45) is 5.92 Å². The second-order valence-corrected chi connectivity index (χ2v) is 6.14. The van der Waals surface area contributed by atoms with Crippen molar-refractivity contribution in [1.82, 2.24) is 9.80 Å². The quantitative estimate of drug-likeness (QED) is 0.929. The van der Waals surface area contributed by atoms with Crippen molar-refractivity contribution < 1.29 is 14.7 Å². The molecule has 1 aliphatic rings. The first-order valence-electron chi connectivity index (χ1n) is 7.73. The molecule has 1 aromatic rings. The fourth-order valence-corrected chi connectivity index (χ4v) is 3.08. The third-order valence-corrected chi connectivity index (χ3v) is 4.37. The van der Waals surface area contributed by atoms with Crippen LogP contribution in [0, 0.1) is 5.92 Å². The molecule has 2 amide bonds. The van der Waals surface area contributed by atoms with Gasteiger partial charge in [-0.15, -0.1) is 0 Å². The summed E-state index contributed by atoms with van der Waals surface area (Å²) in [5.41, 5.74) is 1.29. The third-order valence-electron chi connectivity index (χ3n) is 4.37. The molecule has 22 heavy (non-hydrogen) atoms. The number of carbonyl (C=O) groups is 2. The molecule has 1 aromatic carbocycles. The molecule has 1 aliphatic heterocycles. The number of benzene rings is 1. The highest BCUT2D eigenvalue weighted by Crippen LogP contribution is 2.27. The number of likely N-dealkylation sites (N-methyl/N-ethyl adjacent to an activating group) is 1. The zero-order valence-corrected chi connectivity index (χ0v) is 13.2. The monoisotopic (exact) mass is 304 g/mol. The van der Waals surface area contributed by atoms with Gasteiger partial charge >= 0.3 is 6.09 Å². The van der Waals surface area contributed by atoms with E-state index in [9.17, 15) is 14.7 Å². The van der Waals surface area contributed by atoms with Crippen molar-refractivity contribution in [1.29, 1.82) is 0 Å². The molecule has 1 N–H and O–H groups in total. The Hall–Kier alpha value is -2.04. The van der Waals surface area contributed by atoms with Crippen molar-refractivity contribution >= 4 is 12.0 Å². The smallest absolute Gasteiger partial charge is 0.407 e. The van der Waals surface area contributed by atoms with E-state index in [0.717, 1.165) is 19.3 Å². The summed E-state index contributed by atoms with van der Waals surface area (Å²) in [7, 11) is 3.35. The third kappa shape index (κ3) is 4.00. The van der Waals surface area contributed by atoms with Gasteiger partial charge in [0.05, 0.1) is 0 Å². The SMILES string of the molecule is CN(C)C(=O)C1CC(CCc2ccccc2)CCN1C(=O)O. The Bertz CT molecular complexity index is 516. The number of hydrogen-bond donors (Lipinski definition) is 1. The van der Waals surface area contributed by atoms with E-state index in [0.29, 0.717) is 18.9 Å². The van der Waals surface area contributed by atoms with E-state index >= 15 is 0 Å². The summed E-state index contributed by atoms with van der Waals surface area (Å²) in [6.07, 6.45) is 2.42. The van der Waals surface area contributed by atoms with E-state index in [4.69, 9.17) is 0 Å². The molecule has 0 aromatic heterocycles. The Kier molecular flexibility index (Phi) is 5.41. The van der Waals surface area contributed by atoms with Gasteiger partial charge in [-0.05, 0) is 37.2 Å². The molecular formula is C17H24N2O3. The van der Waals surface area contributed by atoms with Crippen LogP contribution in [-0.4, -0.2) is 53.6 Å². The van der Waals surface area contributed by atoms with E-state index in [1.54, 1.807) is 14.1 Å². The standard InChI is InChI=1S/C17H24N2O3/c1-18(2)16(20)15-12-14(10-11-19(15)17(21)22)9-8-13-6-4-3-5-7-13/h3-7,14-15H,8-12H2,1-2H3,(H,21,22). The molecule has 1 fully saturated rings. The number of carboxylic acid groups (broad SMARTS) is 1. The fourth-order valence-electron chi connectivity index (χ4n) is 3.08. The Morgan fingerprint density at radius 2 is 1.95 bits per heavy atom. The average Bonchev–Trinajstić information content (AvgIpc) is 2.52. The molecule has 0 radical (unpaired) electrons. The van der Waals surface area contributed by atoms with Crippen LogP contribution in [0.5, 0.6) is 0 Å². The lowest BCUT2D eigenvalue weighted by molar-refractivity contribution is -0.135. The van der Waals surface area contributed by atoms with E-state index in [2.05, 4.69) is 12.1 Å². The minimum Gasteiger partial charge on any atom is -0.465 e. The zero-order valence-electron chi connectivity index (χ0n) is 13.2. The van der Waals surface area contributed by atoms with Gasteiger partial charge in [-0.25, -0.2) is 4.79 Å². The van der Waals surface area contributed by atoms with Gasteiger partial charge in [-0.3, -0.25) is 9.69 Å². The lowest BCUT2D eigenvalue weighted by Crippen LogP contribution is -2.53. The van der Waals surface area contributed by atoms with Gasteiger partial charge in [0.15, 0.2) is 0 Å². The van der Waals surface area contributed by atoms with E-state index < -0.39 is 12.1 Å². The van der Waals surface area contributed by atoms with Gasteiger partial charge in [-0.1, -0.05) is 30.3 Å². The second kappa shape index (κ2) is 7.29. The molecule has 1 saturated heterocycles. The van der Waals surface area contributed by atoms with Crippen LogP contribution in [0.15, 0.2) is 30.3 Å². The summed E-state index contributed by atoms with van der Waals surface area (Å²) < 4.78 is 0. The van der Waals surface area contributed by atoms with Gasteiger partial charge in [0.1, 0.15) is 6.04 Å². The average molecular weight is 304 g/mol. The van der Waals surface area contributed by atoms with Crippen LogP contribution in [0.3, 0.4) is 0 Å². The van der Waals surface area contributed by atoms with Crippen molar-refractivity contribution in [3.8, 4) is 0 Å². The number of rotatable bonds is 4. The highest BCUT2D eigenvalue weighted by molar-refractivity contribution is 5.85. The van der Waals surface area contributed by atoms with Gasteiger partial charge < -0.3 is 10.0 Å². The molecular weight excluding hydrogens is 280 g/mol. The fraction of sp³-hybridized carbons (Fsp3) is 0.529. The topological polar surface area (TPSA) is 60.9 Å². The molecule has 0 bridgehead atoms. The predicted molar refractivity (Wildman–Crippen MR) is 84.7 cm³/mol. The number of nitrogens with zero attached hydrogens (tertiary/aromatic N) is 2. The normalized spacial score (nSPS) is 21.5. The molecule has 0 spiro atoms. The van der Waals surface area contributed by atoms with E-state index in [1.165, 1.54) is 15.4 Å². The number of carbonyl (C=O) groups excluding carboxylic acids is 1. The second-order valence-electron chi connectivity index (χ2n) is 6.14. The minimum absolute atomic E-state index is 0.119. The maximum absolute atomic E-state index is 12.3. The molecule has 120 valence electrons. The maximum atomic E-state index is 12.3. The summed E-state index contributed by atoms with van der Waals surface area (Å²) in [4.78, 5) is 26.4. The predicted octanol–water partition coefficient (Wildman–Crippen LogP) is 2.47. The first-order chi connectivity index (χ1) is 10.5. The van der Waals surface area contributed by atoms with Crippen molar-refractivity contribution in [2.75, 3.05) is 20.6 Å². The molecule has 0 aliphatic carbocycles. The lowest BCUT2D eigenvalue weighted by atomic mass is 9.86. The highest BCUT2D eigenvalue weighted by atomic mass is 16.4. The Balaban J connectivity index is 1.98. The van der Waals surface area contributed by atoms with Crippen molar-refractivity contribution in [3.63, 3.8) is 0 Å². The number of hydrogen-bond acceptors (Lipinski definition) is 2. The van der Waals surface area contributed by atoms with Gasteiger partial charge in [-0.2, -0.15) is 0 Å². The van der Waals surface area contributed by atoms with Crippen LogP contribution in [0.2, 0.25) is 0 Å². The van der Waals surface area contributed by atoms with E-state index in [1.807, 2.05) is 18.2 Å². The molecule has 2 rings (SSSR count). The Morgan fingerprint density at radius 3 is 2.55 bits per heavy atom. The largest absolute Gasteiger partial charge is 0.465 e. The number of likely N-dealkylation sites (tertiary alicyclic amines) is 1. The van der Waals surface area contributed by atoms with Crippen LogP contribution in [0.1, 0.15) is 24.8 Å². The first-order valence-corrected chi connectivity index (χ1v) is 7.73. The maximum Gasteiger partial charge on any atom is 0.407 e. The number of aryl methyl sites for hydroxylation is 1. The molecule has 5 nitrogen and oxygen atoms in total.